The van der Waals surface area contributed by atoms with E-state index in [1.807, 2.05) is 42.7 Å². The van der Waals surface area contributed by atoms with Gasteiger partial charge in [0.15, 0.2) is 6.61 Å². The van der Waals surface area contributed by atoms with Crippen LogP contribution < -0.4 is 5.32 Å². The van der Waals surface area contributed by atoms with Crippen LogP contribution in [0.2, 0.25) is 0 Å². The number of nitrogens with one attached hydrogen (secondary N) is 1. The van der Waals surface area contributed by atoms with Gasteiger partial charge in [-0.15, -0.1) is 0 Å². The number of esters is 1. The summed E-state index contributed by atoms with van der Waals surface area (Å²) in [6.07, 6.45) is -0.256. The highest BCUT2D eigenvalue weighted by Gasteiger charge is 2.19. The van der Waals surface area contributed by atoms with Crippen LogP contribution in [0.3, 0.4) is 0 Å². The van der Waals surface area contributed by atoms with Crippen LogP contribution in [0, 0.1) is 25.2 Å². The Morgan fingerprint density at radius 3 is 2.47 bits per heavy atom. The summed E-state index contributed by atoms with van der Waals surface area (Å²) in [7, 11) is 0. The lowest BCUT2D eigenvalue weighted by molar-refractivity contribution is -0.115. The third-order valence-corrected chi connectivity index (χ3v) is 5.27. The van der Waals surface area contributed by atoms with Crippen molar-refractivity contribution in [2.24, 2.45) is 0 Å². The van der Waals surface area contributed by atoms with E-state index in [9.17, 15) is 14.4 Å². The molecule has 0 unspecified atom stereocenters. The molecular formula is C24H20BrN3O4. The summed E-state index contributed by atoms with van der Waals surface area (Å²) in [5, 5.41) is 11.1. The first-order valence-corrected chi connectivity index (χ1v) is 10.5. The van der Waals surface area contributed by atoms with E-state index in [1.54, 1.807) is 12.1 Å². The summed E-state index contributed by atoms with van der Waals surface area (Å²) < 4.78 is 8.10. The van der Waals surface area contributed by atoms with E-state index < -0.39 is 11.9 Å². The Hall–Kier alpha value is -3.70. The molecular weight excluding hydrogens is 474 g/mol. The Morgan fingerprint density at radius 2 is 1.81 bits per heavy atom. The average molecular weight is 494 g/mol. The molecule has 32 heavy (non-hydrogen) atoms. The zero-order valence-corrected chi connectivity index (χ0v) is 19.1. The van der Waals surface area contributed by atoms with E-state index in [2.05, 4.69) is 21.2 Å². The largest absolute Gasteiger partial charge is 0.454 e. The Kier molecular flexibility index (Phi) is 7.23. The standard InChI is InChI=1S/C24H20BrN3O4/c1-15-12-21(16(2)28(15)20-5-3-4-18(25)13-20)22(29)14-32-24(31)17-6-8-19(9-7-17)27-23(30)10-11-26/h3-9,12-13H,10,14H2,1-2H3,(H,27,30). The molecule has 0 aliphatic heterocycles. The molecule has 162 valence electrons. The third-order valence-electron chi connectivity index (χ3n) is 4.78. The molecule has 0 spiro atoms. The Labute approximate surface area is 193 Å². The Bertz CT molecular complexity index is 1220. The number of anilines is 1. The van der Waals surface area contributed by atoms with Crippen molar-refractivity contribution in [2.45, 2.75) is 20.3 Å². The molecule has 0 saturated carbocycles. The number of nitriles is 1. The van der Waals surface area contributed by atoms with Gasteiger partial charge in [-0.25, -0.2) is 4.79 Å². The van der Waals surface area contributed by atoms with Gasteiger partial charge < -0.3 is 14.6 Å². The van der Waals surface area contributed by atoms with Gasteiger partial charge in [-0.05, 0) is 62.4 Å². The first-order valence-electron chi connectivity index (χ1n) is 9.72. The summed E-state index contributed by atoms with van der Waals surface area (Å²) in [6, 6.07) is 17.3. The highest BCUT2D eigenvalue weighted by atomic mass is 79.9. The van der Waals surface area contributed by atoms with E-state index in [0.717, 1.165) is 21.5 Å². The number of aromatic nitrogens is 1. The van der Waals surface area contributed by atoms with Crippen LogP contribution >= 0.6 is 15.9 Å². The number of nitrogens with zero attached hydrogens (tertiary/aromatic N) is 2. The zero-order valence-electron chi connectivity index (χ0n) is 17.5. The van der Waals surface area contributed by atoms with Crippen molar-refractivity contribution in [2.75, 3.05) is 11.9 Å². The molecule has 2 aromatic carbocycles. The fourth-order valence-corrected chi connectivity index (χ4v) is 3.70. The first kappa shape index (κ1) is 23.0. The lowest BCUT2D eigenvalue weighted by Gasteiger charge is -2.10. The number of ether oxygens (including phenoxy) is 1. The summed E-state index contributed by atoms with van der Waals surface area (Å²) in [5.41, 5.74) is 3.77. The number of ketones is 1. The number of hydrogen-bond acceptors (Lipinski definition) is 5. The zero-order chi connectivity index (χ0) is 23.3. The van der Waals surface area contributed by atoms with Gasteiger partial charge >= 0.3 is 5.97 Å². The molecule has 8 heteroatoms. The SMILES string of the molecule is Cc1cc(C(=O)COC(=O)c2ccc(NC(=O)CC#N)cc2)c(C)n1-c1cccc(Br)c1. The predicted octanol–water partition coefficient (Wildman–Crippen LogP) is 4.75. The van der Waals surface area contributed by atoms with Crippen LogP contribution in [0.1, 0.15) is 38.5 Å². The fraction of sp³-hybridized carbons (Fsp3) is 0.167. The van der Waals surface area contributed by atoms with Crippen molar-refractivity contribution >= 4 is 39.3 Å². The minimum absolute atomic E-state index is 0.246. The van der Waals surface area contributed by atoms with Gasteiger partial charge in [-0.1, -0.05) is 22.0 Å². The Morgan fingerprint density at radius 1 is 1.09 bits per heavy atom. The quantitative estimate of drug-likeness (QED) is 0.378. The maximum atomic E-state index is 12.7. The molecule has 3 rings (SSSR count). The number of rotatable bonds is 7. The van der Waals surface area contributed by atoms with Crippen LogP contribution in [0.4, 0.5) is 5.69 Å². The second-order valence-corrected chi connectivity index (χ2v) is 7.98. The van der Waals surface area contributed by atoms with Gasteiger partial charge in [0.1, 0.15) is 6.42 Å². The number of halogens is 1. The number of benzene rings is 2. The topological polar surface area (TPSA) is 101 Å². The van der Waals surface area contributed by atoms with E-state index in [1.165, 1.54) is 24.3 Å². The van der Waals surface area contributed by atoms with E-state index in [4.69, 9.17) is 10.00 Å². The highest BCUT2D eigenvalue weighted by Crippen LogP contribution is 2.23. The van der Waals surface area contributed by atoms with Crippen molar-refractivity contribution in [3.05, 3.63) is 81.6 Å². The van der Waals surface area contributed by atoms with E-state index in [-0.39, 0.29) is 24.4 Å². The monoisotopic (exact) mass is 493 g/mol. The lowest BCUT2D eigenvalue weighted by Crippen LogP contribution is -2.15. The van der Waals surface area contributed by atoms with Crippen LogP contribution in [0.25, 0.3) is 5.69 Å². The number of amides is 1. The molecule has 1 amide bonds. The number of carbonyl (C=O) groups excluding carboxylic acids is 3. The molecule has 0 aliphatic carbocycles. The van der Waals surface area contributed by atoms with Gasteiger partial charge in [0.2, 0.25) is 11.7 Å². The number of hydrogen-bond donors (Lipinski definition) is 1. The van der Waals surface area contributed by atoms with Crippen molar-refractivity contribution in [3.63, 3.8) is 0 Å². The van der Waals surface area contributed by atoms with Crippen molar-refractivity contribution in [1.82, 2.24) is 4.57 Å². The normalized spacial score (nSPS) is 10.3. The molecule has 1 aromatic heterocycles. The fourth-order valence-electron chi connectivity index (χ4n) is 3.32. The van der Waals surface area contributed by atoms with E-state index >= 15 is 0 Å². The van der Waals surface area contributed by atoms with Crippen LogP contribution in [-0.4, -0.2) is 28.8 Å². The van der Waals surface area contributed by atoms with Crippen molar-refractivity contribution in [1.29, 1.82) is 5.26 Å². The molecule has 3 aromatic rings. The molecule has 1 N–H and O–H groups in total. The lowest BCUT2D eigenvalue weighted by atomic mass is 10.1. The second-order valence-electron chi connectivity index (χ2n) is 7.06. The first-order chi connectivity index (χ1) is 15.3. The molecule has 0 radical (unpaired) electrons. The molecule has 7 nitrogen and oxygen atoms in total. The smallest absolute Gasteiger partial charge is 0.338 e. The summed E-state index contributed by atoms with van der Waals surface area (Å²) in [4.78, 5) is 36.5. The maximum Gasteiger partial charge on any atom is 0.338 e. The molecule has 0 fully saturated rings. The van der Waals surface area contributed by atoms with Crippen molar-refractivity contribution < 1.29 is 19.1 Å². The Balaban J connectivity index is 1.66. The van der Waals surface area contributed by atoms with Gasteiger partial charge in [0.05, 0.1) is 11.6 Å². The van der Waals surface area contributed by atoms with Gasteiger partial charge in [-0.3, -0.25) is 9.59 Å². The third kappa shape index (κ3) is 5.31. The summed E-state index contributed by atoms with van der Waals surface area (Å²) >= 11 is 3.46. The number of aryl methyl sites for hydroxylation is 1. The van der Waals surface area contributed by atoms with Crippen LogP contribution in [-0.2, 0) is 9.53 Å². The molecule has 0 atom stereocenters. The molecule has 0 bridgehead atoms. The summed E-state index contributed by atoms with van der Waals surface area (Å²) in [6.45, 7) is 3.37. The van der Waals surface area contributed by atoms with Gasteiger partial charge in [-0.2, -0.15) is 5.26 Å². The minimum atomic E-state index is -0.644. The van der Waals surface area contributed by atoms with Crippen LogP contribution in [0.15, 0.2) is 59.1 Å². The van der Waals surface area contributed by atoms with Gasteiger partial charge in [0, 0.05) is 32.8 Å². The van der Waals surface area contributed by atoms with Gasteiger partial charge in [0.25, 0.3) is 0 Å². The molecule has 0 saturated heterocycles. The predicted molar refractivity (Wildman–Crippen MR) is 123 cm³/mol. The van der Waals surface area contributed by atoms with Crippen LogP contribution in [0.5, 0.6) is 0 Å². The van der Waals surface area contributed by atoms with Crippen molar-refractivity contribution in [3.8, 4) is 11.8 Å². The number of Topliss-reactive ketones (excluding diaryl/α,β-unsaturated/α-hetero) is 1. The maximum absolute atomic E-state index is 12.7. The average Bonchev–Trinajstić information content (AvgIpc) is 3.06. The second kappa shape index (κ2) is 10.1. The molecule has 1 heterocycles. The van der Waals surface area contributed by atoms with E-state index in [0.29, 0.717) is 11.3 Å². The summed E-state index contributed by atoms with van der Waals surface area (Å²) in [5.74, 6) is -1.38. The minimum Gasteiger partial charge on any atom is -0.454 e. The number of carbonyl (C=O) groups is 3. The molecule has 0 aliphatic rings. The highest BCUT2D eigenvalue weighted by molar-refractivity contribution is 9.10.